The highest BCUT2D eigenvalue weighted by Crippen LogP contribution is 2.27. The summed E-state index contributed by atoms with van der Waals surface area (Å²) < 4.78 is 25.6. The molecule has 7 heteroatoms. The number of thiazole rings is 1. The molecule has 1 aromatic carbocycles. The molecule has 1 saturated heterocycles. The molecule has 0 radical (unpaired) electrons. The van der Waals surface area contributed by atoms with Crippen molar-refractivity contribution in [3.63, 3.8) is 0 Å². The number of nitrogens with zero attached hydrogens (tertiary/aromatic N) is 1. The third kappa shape index (κ3) is 3.11. The van der Waals surface area contributed by atoms with E-state index in [2.05, 4.69) is 10.4 Å². The zero-order valence-corrected chi connectivity index (χ0v) is 13.3. The molecule has 3 rings (SSSR count). The average Bonchev–Trinajstić information content (AvgIpc) is 2.87. The number of fused-ring (bicyclic) bond motifs is 1. The summed E-state index contributed by atoms with van der Waals surface area (Å²) in [7, 11) is -3.05. The first-order chi connectivity index (χ1) is 10.1. The molecule has 2 heterocycles. The van der Waals surface area contributed by atoms with Gasteiger partial charge < -0.3 is 0 Å². The summed E-state index contributed by atoms with van der Waals surface area (Å²) in [6.45, 7) is 0. The van der Waals surface area contributed by atoms with Crippen molar-refractivity contribution in [3.05, 3.63) is 29.3 Å². The fourth-order valence-electron chi connectivity index (χ4n) is 2.92. The fraction of sp³-hybridized carbons (Fsp3) is 0.500. The van der Waals surface area contributed by atoms with E-state index in [4.69, 9.17) is 5.84 Å². The van der Waals surface area contributed by atoms with Crippen molar-refractivity contribution in [3.8, 4) is 0 Å². The molecule has 0 aliphatic carbocycles. The largest absolute Gasteiger partial charge is 0.271 e. The highest BCUT2D eigenvalue weighted by atomic mass is 32.2. The van der Waals surface area contributed by atoms with Gasteiger partial charge in [-0.2, -0.15) is 0 Å². The van der Waals surface area contributed by atoms with E-state index in [1.165, 1.54) is 0 Å². The van der Waals surface area contributed by atoms with Crippen molar-refractivity contribution in [2.24, 2.45) is 5.84 Å². The molecule has 2 unspecified atom stereocenters. The molecule has 1 aliphatic rings. The van der Waals surface area contributed by atoms with E-state index in [1.54, 1.807) is 11.3 Å². The molecule has 1 aromatic heterocycles. The minimum absolute atomic E-state index is 0.268. The number of sulfone groups is 1. The van der Waals surface area contributed by atoms with Crippen LogP contribution in [0.15, 0.2) is 24.3 Å². The number of rotatable bonds is 4. The van der Waals surface area contributed by atoms with Crippen LogP contribution in [0.3, 0.4) is 0 Å². The maximum absolute atomic E-state index is 12.2. The number of nitrogens with two attached hydrogens (primary N) is 1. The lowest BCUT2D eigenvalue weighted by Crippen LogP contribution is -2.50. The van der Waals surface area contributed by atoms with Gasteiger partial charge in [0.2, 0.25) is 0 Å². The zero-order chi connectivity index (χ0) is 14.9. The minimum atomic E-state index is -3.05. The summed E-state index contributed by atoms with van der Waals surface area (Å²) in [5.41, 5.74) is 3.67. The predicted molar refractivity (Wildman–Crippen MR) is 85.9 cm³/mol. The Morgan fingerprint density at radius 2 is 2.19 bits per heavy atom. The molecule has 0 saturated carbocycles. The maximum Gasteiger partial charge on any atom is 0.154 e. The molecule has 2 atom stereocenters. The van der Waals surface area contributed by atoms with Gasteiger partial charge in [0.25, 0.3) is 0 Å². The Hall–Kier alpha value is -1.02. The van der Waals surface area contributed by atoms with Crippen molar-refractivity contribution in [2.75, 3.05) is 5.75 Å². The van der Waals surface area contributed by atoms with Crippen LogP contribution in [0.4, 0.5) is 0 Å². The standard InChI is InChI=1S/C14H19N3O2S2/c15-17-11(13-7-3-4-8-21(13,18)19)9-14-16-10-5-1-2-6-12(10)20-14/h1-2,5-6,11,13,17H,3-4,7-9,15H2. The molecule has 3 N–H and O–H groups in total. The predicted octanol–water partition coefficient (Wildman–Crippen LogP) is 1.64. The highest BCUT2D eigenvalue weighted by Gasteiger charge is 2.35. The van der Waals surface area contributed by atoms with E-state index < -0.39 is 15.1 Å². The van der Waals surface area contributed by atoms with Gasteiger partial charge in [-0.15, -0.1) is 11.3 Å². The van der Waals surface area contributed by atoms with Gasteiger partial charge >= 0.3 is 0 Å². The molecule has 2 aromatic rings. The molecule has 114 valence electrons. The van der Waals surface area contributed by atoms with Crippen LogP contribution >= 0.6 is 11.3 Å². The molecule has 0 amide bonds. The maximum atomic E-state index is 12.2. The summed E-state index contributed by atoms with van der Waals surface area (Å²) >= 11 is 1.60. The van der Waals surface area contributed by atoms with Crippen LogP contribution in [0.2, 0.25) is 0 Å². The van der Waals surface area contributed by atoms with Gasteiger partial charge in [-0.1, -0.05) is 18.6 Å². The topological polar surface area (TPSA) is 85.1 Å². The molecular weight excluding hydrogens is 306 g/mol. The van der Waals surface area contributed by atoms with E-state index in [9.17, 15) is 8.42 Å². The van der Waals surface area contributed by atoms with Crippen LogP contribution in [0, 0.1) is 0 Å². The van der Waals surface area contributed by atoms with Gasteiger partial charge in [-0.3, -0.25) is 11.3 Å². The molecule has 0 spiro atoms. The van der Waals surface area contributed by atoms with E-state index in [0.717, 1.165) is 28.1 Å². The third-order valence-electron chi connectivity index (χ3n) is 4.02. The Kier molecular flexibility index (Phi) is 4.26. The Morgan fingerprint density at radius 3 is 2.90 bits per heavy atom. The van der Waals surface area contributed by atoms with Gasteiger partial charge in [0.05, 0.1) is 26.2 Å². The summed E-state index contributed by atoms with van der Waals surface area (Å²) in [5, 5.41) is 0.531. The summed E-state index contributed by atoms with van der Waals surface area (Å²) in [5.74, 6) is 5.90. The van der Waals surface area contributed by atoms with Crippen LogP contribution in [0.5, 0.6) is 0 Å². The molecule has 1 aliphatic heterocycles. The van der Waals surface area contributed by atoms with E-state index in [1.807, 2.05) is 24.3 Å². The lowest BCUT2D eigenvalue weighted by atomic mass is 10.1. The first-order valence-electron chi connectivity index (χ1n) is 7.12. The first kappa shape index (κ1) is 14.9. The van der Waals surface area contributed by atoms with Crippen LogP contribution < -0.4 is 11.3 Å². The van der Waals surface area contributed by atoms with Gasteiger partial charge in [0.1, 0.15) is 0 Å². The number of hydrazine groups is 1. The second-order valence-electron chi connectivity index (χ2n) is 5.45. The number of hydrogen-bond acceptors (Lipinski definition) is 6. The van der Waals surface area contributed by atoms with E-state index in [0.29, 0.717) is 12.8 Å². The Bertz CT molecular complexity index is 694. The van der Waals surface area contributed by atoms with E-state index in [-0.39, 0.29) is 11.8 Å². The summed E-state index contributed by atoms with van der Waals surface area (Å²) in [4.78, 5) is 4.57. The van der Waals surface area contributed by atoms with Crippen LogP contribution in [-0.2, 0) is 16.3 Å². The van der Waals surface area contributed by atoms with Crippen LogP contribution in [0.25, 0.3) is 10.2 Å². The zero-order valence-electron chi connectivity index (χ0n) is 11.7. The smallest absolute Gasteiger partial charge is 0.154 e. The van der Waals surface area contributed by atoms with E-state index >= 15 is 0 Å². The number of hydrogen-bond donors (Lipinski definition) is 2. The lowest BCUT2D eigenvalue weighted by molar-refractivity contribution is 0.440. The third-order valence-corrected chi connectivity index (χ3v) is 7.43. The second kappa shape index (κ2) is 6.00. The van der Waals surface area contributed by atoms with Crippen molar-refractivity contribution in [1.82, 2.24) is 10.4 Å². The number of aromatic nitrogens is 1. The Morgan fingerprint density at radius 1 is 1.38 bits per heavy atom. The summed E-state index contributed by atoms with van der Waals surface area (Å²) in [6.07, 6.45) is 2.95. The number of para-hydroxylation sites is 1. The fourth-order valence-corrected chi connectivity index (χ4v) is 6.06. The molecule has 0 bridgehead atoms. The van der Waals surface area contributed by atoms with Gasteiger partial charge in [-0.25, -0.2) is 13.4 Å². The van der Waals surface area contributed by atoms with Crippen LogP contribution in [-0.4, -0.2) is 30.4 Å². The lowest BCUT2D eigenvalue weighted by Gasteiger charge is -2.29. The average molecular weight is 325 g/mol. The SMILES string of the molecule is NNC(Cc1nc2ccccc2s1)C1CCCCS1(=O)=O. The van der Waals surface area contributed by atoms with Gasteiger partial charge in [-0.05, 0) is 25.0 Å². The normalized spacial score (nSPS) is 23.2. The van der Waals surface area contributed by atoms with Crippen molar-refractivity contribution >= 4 is 31.4 Å². The summed E-state index contributed by atoms with van der Waals surface area (Å²) in [6, 6.07) is 7.66. The molecular formula is C14H19N3O2S2. The molecule has 21 heavy (non-hydrogen) atoms. The van der Waals surface area contributed by atoms with Crippen molar-refractivity contribution in [1.29, 1.82) is 0 Å². The van der Waals surface area contributed by atoms with Crippen molar-refractivity contribution in [2.45, 2.75) is 37.0 Å². The monoisotopic (exact) mass is 325 g/mol. The molecule has 1 fully saturated rings. The second-order valence-corrected chi connectivity index (χ2v) is 8.91. The van der Waals surface area contributed by atoms with Gasteiger partial charge in [0.15, 0.2) is 9.84 Å². The number of benzene rings is 1. The molecule has 5 nitrogen and oxygen atoms in total. The van der Waals surface area contributed by atoms with Gasteiger partial charge in [0, 0.05) is 12.5 Å². The number of nitrogens with one attached hydrogen (secondary N) is 1. The Balaban J connectivity index is 1.83. The highest BCUT2D eigenvalue weighted by molar-refractivity contribution is 7.92. The van der Waals surface area contributed by atoms with Crippen molar-refractivity contribution < 1.29 is 8.42 Å². The minimum Gasteiger partial charge on any atom is -0.271 e. The Labute approximate surface area is 128 Å². The quantitative estimate of drug-likeness (QED) is 0.659. The van der Waals surface area contributed by atoms with Crippen LogP contribution in [0.1, 0.15) is 24.3 Å². The first-order valence-corrected chi connectivity index (χ1v) is 9.65.